The van der Waals surface area contributed by atoms with Crippen molar-refractivity contribution in [2.75, 3.05) is 0 Å². The third-order valence-electron chi connectivity index (χ3n) is 2.99. The molecule has 0 aliphatic rings. The van der Waals surface area contributed by atoms with Crippen molar-refractivity contribution in [3.8, 4) is 11.3 Å². The molecule has 4 heteroatoms. The molecule has 1 heterocycles. The van der Waals surface area contributed by atoms with E-state index in [1.807, 2.05) is 66.7 Å². The molecule has 3 aromatic rings. The fourth-order valence-corrected chi connectivity index (χ4v) is 2.03. The average Bonchev–Trinajstić information content (AvgIpc) is 3.02. The molecule has 0 spiro atoms. The number of halogens is 1. The minimum Gasteiger partial charge on any atom is -0.430 e. The summed E-state index contributed by atoms with van der Waals surface area (Å²) in [7, 11) is 0. The number of allylic oxidation sites excluding steroid dienone is 1. The Hall–Kier alpha value is -2.65. The lowest BCUT2D eigenvalue weighted by Crippen LogP contribution is -1.76. The molecule has 0 aliphatic carbocycles. The third kappa shape index (κ3) is 3.71. The highest BCUT2D eigenvalue weighted by Crippen LogP contribution is 2.23. The van der Waals surface area contributed by atoms with Gasteiger partial charge in [-0.3, -0.25) is 0 Å². The Labute approximate surface area is 133 Å². The van der Waals surface area contributed by atoms with Gasteiger partial charge in [0.05, 0.1) is 0 Å². The number of rotatable bonds is 4. The molecule has 1 aromatic heterocycles. The molecule has 0 radical (unpaired) electrons. The number of oxazole rings is 1. The maximum absolute atomic E-state index is 5.86. The molecular weight excluding hydrogens is 296 g/mol. The van der Waals surface area contributed by atoms with E-state index in [-0.39, 0.29) is 0 Å². The zero-order chi connectivity index (χ0) is 15.2. The summed E-state index contributed by atoms with van der Waals surface area (Å²) in [6, 6.07) is 17.7. The summed E-state index contributed by atoms with van der Waals surface area (Å²) in [5.74, 6) is 0. The Morgan fingerprint density at radius 1 is 1.00 bits per heavy atom. The Morgan fingerprint density at radius 3 is 2.55 bits per heavy atom. The van der Waals surface area contributed by atoms with E-state index in [2.05, 4.69) is 9.98 Å². The SMILES string of the molecule is Clc1ccc(-c2coc(/N=C/C=C/c3ccccc3)n2)cc1. The van der Waals surface area contributed by atoms with Gasteiger partial charge >= 0.3 is 6.01 Å². The van der Waals surface area contributed by atoms with Gasteiger partial charge in [-0.2, -0.15) is 4.98 Å². The van der Waals surface area contributed by atoms with Crippen LogP contribution in [0.4, 0.5) is 6.01 Å². The Kier molecular flexibility index (Phi) is 4.47. The predicted octanol–water partition coefficient (Wildman–Crippen LogP) is 5.41. The molecular formula is C18H13ClN2O. The summed E-state index contributed by atoms with van der Waals surface area (Å²) in [5, 5.41) is 0.691. The zero-order valence-corrected chi connectivity index (χ0v) is 12.4. The van der Waals surface area contributed by atoms with Crippen LogP contribution in [0, 0.1) is 0 Å². The molecule has 0 saturated heterocycles. The van der Waals surface area contributed by atoms with Crippen LogP contribution >= 0.6 is 11.6 Å². The number of benzene rings is 2. The standard InChI is InChI=1S/C18H13ClN2O/c19-16-10-8-15(9-11-16)17-13-22-18(21-17)20-12-4-7-14-5-2-1-3-6-14/h1-13H/b7-4+,20-12+. The number of nitrogens with zero attached hydrogens (tertiary/aromatic N) is 2. The third-order valence-corrected chi connectivity index (χ3v) is 3.24. The molecule has 0 amide bonds. The molecule has 0 atom stereocenters. The maximum atomic E-state index is 5.86. The van der Waals surface area contributed by atoms with E-state index in [0.717, 1.165) is 16.8 Å². The van der Waals surface area contributed by atoms with E-state index in [0.29, 0.717) is 11.0 Å². The Balaban J connectivity index is 1.68. The van der Waals surface area contributed by atoms with Crippen molar-refractivity contribution in [2.24, 2.45) is 4.99 Å². The summed E-state index contributed by atoms with van der Waals surface area (Å²) in [6.45, 7) is 0. The van der Waals surface area contributed by atoms with Crippen molar-refractivity contribution in [3.63, 3.8) is 0 Å². The average molecular weight is 309 g/mol. The highest BCUT2D eigenvalue weighted by molar-refractivity contribution is 6.30. The molecule has 0 aliphatic heterocycles. The van der Waals surface area contributed by atoms with Gasteiger partial charge in [0.2, 0.25) is 0 Å². The molecule has 22 heavy (non-hydrogen) atoms. The van der Waals surface area contributed by atoms with Crippen molar-refractivity contribution in [1.82, 2.24) is 4.98 Å². The van der Waals surface area contributed by atoms with Gasteiger partial charge in [-0.1, -0.05) is 60.1 Å². The van der Waals surface area contributed by atoms with Gasteiger partial charge in [-0.15, -0.1) is 0 Å². The van der Waals surface area contributed by atoms with Crippen LogP contribution in [0.25, 0.3) is 17.3 Å². The van der Waals surface area contributed by atoms with Crippen molar-refractivity contribution in [1.29, 1.82) is 0 Å². The van der Waals surface area contributed by atoms with E-state index in [4.69, 9.17) is 16.0 Å². The van der Waals surface area contributed by atoms with Crippen LogP contribution in [0.1, 0.15) is 5.56 Å². The second-order valence-electron chi connectivity index (χ2n) is 4.57. The fraction of sp³-hybridized carbons (Fsp3) is 0. The van der Waals surface area contributed by atoms with Gasteiger partial charge in [0.15, 0.2) is 0 Å². The molecule has 0 N–H and O–H groups in total. The van der Waals surface area contributed by atoms with Gasteiger partial charge in [-0.25, -0.2) is 4.99 Å². The van der Waals surface area contributed by atoms with Crippen molar-refractivity contribution >= 4 is 29.9 Å². The number of aliphatic imine (C=N–C) groups is 1. The fourth-order valence-electron chi connectivity index (χ4n) is 1.90. The lowest BCUT2D eigenvalue weighted by molar-refractivity contribution is 0.570. The lowest BCUT2D eigenvalue weighted by Gasteiger charge is -1.94. The molecule has 3 nitrogen and oxygen atoms in total. The molecule has 0 bridgehead atoms. The number of aromatic nitrogens is 1. The summed E-state index contributed by atoms with van der Waals surface area (Å²) in [4.78, 5) is 8.48. The molecule has 108 valence electrons. The second kappa shape index (κ2) is 6.87. The second-order valence-corrected chi connectivity index (χ2v) is 5.01. The first-order chi connectivity index (χ1) is 10.8. The van der Waals surface area contributed by atoms with Gasteiger partial charge in [0, 0.05) is 16.8 Å². The van der Waals surface area contributed by atoms with E-state index in [9.17, 15) is 0 Å². The Morgan fingerprint density at radius 2 is 1.77 bits per heavy atom. The van der Waals surface area contributed by atoms with Gasteiger partial charge < -0.3 is 4.42 Å². The van der Waals surface area contributed by atoms with E-state index in [1.165, 1.54) is 0 Å². The summed E-state index contributed by atoms with van der Waals surface area (Å²) < 4.78 is 5.33. The molecule has 0 fully saturated rings. The molecule has 2 aromatic carbocycles. The first-order valence-electron chi connectivity index (χ1n) is 6.78. The van der Waals surface area contributed by atoms with Crippen LogP contribution in [0.2, 0.25) is 5.02 Å². The zero-order valence-electron chi connectivity index (χ0n) is 11.7. The minimum absolute atomic E-state index is 0.322. The molecule has 0 saturated carbocycles. The smallest absolute Gasteiger partial charge is 0.322 e. The van der Waals surface area contributed by atoms with Gasteiger partial charge in [0.25, 0.3) is 0 Å². The number of hydrogen-bond donors (Lipinski definition) is 0. The Bertz CT molecular complexity index is 789. The van der Waals surface area contributed by atoms with E-state index < -0.39 is 0 Å². The molecule has 3 rings (SSSR count). The van der Waals surface area contributed by atoms with Crippen molar-refractivity contribution in [2.45, 2.75) is 0 Å². The van der Waals surface area contributed by atoms with Crippen LogP contribution in [0.3, 0.4) is 0 Å². The first-order valence-corrected chi connectivity index (χ1v) is 7.16. The summed E-state index contributed by atoms with van der Waals surface area (Å²) in [5.41, 5.74) is 2.79. The predicted molar refractivity (Wildman–Crippen MR) is 90.6 cm³/mol. The van der Waals surface area contributed by atoms with Crippen LogP contribution in [0.15, 0.2) is 76.3 Å². The van der Waals surface area contributed by atoms with Gasteiger partial charge in [-0.05, 0) is 23.8 Å². The summed E-state index contributed by atoms with van der Waals surface area (Å²) in [6.07, 6.45) is 7.05. The van der Waals surface area contributed by atoms with E-state index in [1.54, 1.807) is 12.5 Å². The van der Waals surface area contributed by atoms with Crippen LogP contribution in [-0.2, 0) is 0 Å². The molecule has 0 unspecified atom stereocenters. The number of hydrogen-bond acceptors (Lipinski definition) is 3. The van der Waals surface area contributed by atoms with Crippen LogP contribution < -0.4 is 0 Å². The van der Waals surface area contributed by atoms with Crippen LogP contribution in [-0.4, -0.2) is 11.2 Å². The lowest BCUT2D eigenvalue weighted by atomic mass is 10.2. The van der Waals surface area contributed by atoms with Gasteiger partial charge in [0.1, 0.15) is 12.0 Å². The summed E-state index contributed by atoms with van der Waals surface area (Å²) >= 11 is 5.86. The van der Waals surface area contributed by atoms with Crippen molar-refractivity contribution in [3.05, 3.63) is 77.5 Å². The van der Waals surface area contributed by atoms with Crippen LogP contribution in [0.5, 0.6) is 0 Å². The minimum atomic E-state index is 0.322. The largest absolute Gasteiger partial charge is 0.430 e. The monoisotopic (exact) mass is 308 g/mol. The first kappa shape index (κ1) is 14.3. The van der Waals surface area contributed by atoms with Crippen molar-refractivity contribution < 1.29 is 4.42 Å². The maximum Gasteiger partial charge on any atom is 0.322 e. The van der Waals surface area contributed by atoms with E-state index >= 15 is 0 Å². The normalized spacial score (nSPS) is 11.5. The highest BCUT2D eigenvalue weighted by atomic mass is 35.5. The topological polar surface area (TPSA) is 38.4 Å². The quantitative estimate of drug-likeness (QED) is 0.604. The highest BCUT2D eigenvalue weighted by Gasteiger charge is 2.04.